The molecule has 0 aromatic carbocycles. The molecule has 0 aromatic rings. The SMILES string of the molecule is CCCCCC/C=C\C/C=C\CCCCCCCCCC(=O)OCCCCCCCCCCC/C=C\C/C=C\CCCCCCCCCCCCCC(=O)NC(CO)C(O)CCCCCCCCCCCCCCCCCCCCCCCCCCC. The monoisotopic (exact) mass is 1220 g/mol. The van der Waals surface area contributed by atoms with Crippen LogP contribution in [-0.4, -0.2) is 47.4 Å². The topological polar surface area (TPSA) is 95.9 Å². The lowest BCUT2D eigenvalue weighted by Gasteiger charge is -2.22. The van der Waals surface area contributed by atoms with Crippen LogP contribution in [0.25, 0.3) is 0 Å². The van der Waals surface area contributed by atoms with Crippen LogP contribution in [0.3, 0.4) is 0 Å². The Balaban J connectivity index is 3.42. The molecule has 6 nitrogen and oxygen atoms in total. The van der Waals surface area contributed by atoms with Gasteiger partial charge in [0.1, 0.15) is 0 Å². The maximum absolute atomic E-state index is 12.6. The summed E-state index contributed by atoms with van der Waals surface area (Å²) in [5.74, 6) is -0.0295. The Hall–Kier alpha value is -2.18. The molecule has 0 saturated carbocycles. The predicted octanol–water partition coefficient (Wildman–Crippen LogP) is 26.0. The molecule has 0 rings (SSSR count). The van der Waals surface area contributed by atoms with Crippen molar-refractivity contribution in [3.05, 3.63) is 48.6 Å². The van der Waals surface area contributed by atoms with Gasteiger partial charge in [-0.3, -0.25) is 9.59 Å². The van der Waals surface area contributed by atoms with Gasteiger partial charge >= 0.3 is 5.97 Å². The van der Waals surface area contributed by atoms with Gasteiger partial charge in [0, 0.05) is 12.8 Å². The molecule has 0 aliphatic rings. The van der Waals surface area contributed by atoms with Gasteiger partial charge in [0.2, 0.25) is 5.91 Å². The summed E-state index contributed by atoms with van der Waals surface area (Å²) in [5.41, 5.74) is 0. The number of hydrogen-bond acceptors (Lipinski definition) is 5. The number of unbranched alkanes of at least 4 members (excludes halogenated alkanes) is 55. The van der Waals surface area contributed by atoms with Gasteiger partial charge in [0.05, 0.1) is 25.4 Å². The number of carbonyl (C=O) groups excluding carboxylic acids is 2. The van der Waals surface area contributed by atoms with E-state index in [2.05, 4.69) is 67.8 Å². The molecular formula is C81H153NO5. The number of carbonyl (C=O) groups is 2. The number of rotatable bonds is 74. The van der Waals surface area contributed by atoms with Gasteiger partial charge in [0.25, 0.3) is 0 Å². The van der Waals surface area contributed by atoms with Crippen LogP contribution in [0.1, 0.15) is 431 Å². The van der Waals surface area contributed by atoms with E-state index in [1.54, 1.807) is 0 Å². The van der Waals surface area contributed by atoms with E-state index >= 15 is 0 Å². The highest BCUT2D eigenvalue weighted by Gasteiger charge is 2.20. The van der Waals surface area contributed by atoms with E-state index in [9.17, 15) is 19.8 Å². The van der Waals surface area contributed by atoms with E-state index in [-0.39, 0.29) is 18.5 Å². The second-order valence-corrected chi connectivity index (χ2v) is 27.0. The summed E-state index contributed by atoms with van der Waals surface area (Å²) in [4.78, 5) is 24.7. The molecule has 0 aliphatic heterocycles. The molecule has 6 heteroatoms. The summed E-state index contributed by atoms with van der Waals surface area (Å²) >= 11 is 0. The average molecular weight is 1220 g/mol. The summed E-state index contributed by atoms with van der Waals surface area (Å²) in [6, 6.07) is -0.547. The van der Waals surface area contributed by atoms with Crippen molar-refractivity contribution < 1.29 is 24.5 Å². The first-order valence-electron chi connectivity index (χ1n) is 39.4. The Morgan fingerprint density at radius 1 is 0.322 bits per heavy atom. The Morgan fingerprint density at radius 3 is 0.885 bits per heavy atom. The standard InChI is InChI=1S/C81H153NO5/c1-3-5-7-9-11-13-15-17-19-21-23-24-25-29-32-35-38-41-45-49-53-57-61-65-69-73-79(84)78(77-83)82-80(85)74-70-66-62-58-54-50-46-42-39-36-33-30-27-26-28-31-34-37-40-44-48-52-56-60-64-68-72-76-87-81(86)75-71-67-63-59-55-51-47-43-22-20-18-16-14-12-10-8-6-4-2/h14,16,20,22,26-27,31,34,78-79,83-84H,3-13,15,17-19,21,23-25,28-30,32-33,35-77H2,1-2H3,(H,82,85)/b16-14-,22-20-,27-26-,34-31-. The van der Waals surface area contributed by atoms with Crippen LogP contribution >= 0.6 is 0 Å². The molecule has 512 valence electrons. The Kier molecular flexibility index (Phi) is 74.4. The summed E-state index contributed by atoms with van der Waals surface area (Å²) in [7, 11) is 0. The van der Waals surface area contributed by atoms with E-state index in [1.807, 2.05) is 0 Å². The van der Waals surface area contributed by atoms with Crippen LogP contribution in [-0.2, 0) is 14.3 Å². The summed E-state index contributed by atoms with van der Waals surface area (Å²) in [6.07, 6.45) is 100. The van der Waals surface area contributed by atoms with E-state index in [0.29, 0.717) is 25.9 Å². The van der Waals surface area contributed by atoms with Crippen molar-refractivity contribution in [2.45, 2.75) is 443 Å². The van der Waals surface area contributed by atoms with Crippen molar-refractivity contribution in [1.29, 1.82) is 0 Å². The lowest BCUT2D eigenvalue weighted by molar-refractivity contribution is -0.143. The van der Waals surface area contributed by atoms with Gasteiger partial charge in [0.15, 0.2) is 0 Å². The van der Waals surface area contributed by atoms with Crippen LogP contribution in [0.2, 0.25) is 0 Å². The quantitative estimate of drug-likeness (QED) is 0.0320. The second-order valence-electron chi connectivity index (χ2n) is 27.0. The third-order valence-electron chi connectivity index (χ3n) is 18.4. The molecule has 87 heavy (non-hydrogen) atoms. The molecule has 0 aliphatic carbocycles. The fourth-order valence-electron chi connectivity index (χ4n) is 12.4. The van der Waals surface area contributed by atoms with Gasteiger partial charge in [-0.05, 0) is 89.9 Å². The van der Waals surface area contributed by atoms with Crippen LogP contribution in [0, 0.1) is 0 Å². The van der Waals surface area contributed by atoms with E-state index in [0.717, 1.165) is 57.8 Å². The van der Waals surface area contributed by atoms with Gasteiger partial charge in [-0.1, -0.05) is 377 Å². The van der Waals surface area contributed by atoms with Crippen molar-refractivity contribution in [2.24, 2.45) is 0 Å². The predicted molar refractivity (Wildman–Crippen MR) is 384 cm³/mol. The Morgan fingerprint density at radius 2 is 0.575 bits per heavy atom. The number of esters is 1. The lowest BCUT2D eigenvalue weighted by atomic mass is 10.0. The number of hydrogen-bond donors (Lipinski definition) is 3. The van der Waals surface area contributed by atoms with Crippen molar-refractivity contribution in [2.75, 3.05) is 13.2 Å². The molecular weight excluding hydrogens is 1070 g/mol. The first kappa shape index (κ1) is 84.8. The molecule has 1 amide bonds. The van der Waals surface area contributed by atoms with E-state index < -0.39 is 12.1 Å². The Bertz CT molecular complexity index is 1450. The molecule has 0 radical (unpaired) electrons. The average Bonchev–Trinajstić information content (AvgIpc) is 3.52. The summed E-state index contributed by atoms with van der Waals surface area (Å²) in [6.45, 7) is 4.97. The minimum Gasteiger partial charge on any atom is -0.466 e. The van der Waals surface area contributed by atoms with Crippen LogP contribution < -0.4 is 5.32 Å². The minimum atomic E-state index is -0.669. The summed E-state index contributed by atoms with van der Waals surface area (Å²) in [5, 5.41) is 23.5. The van der Waals surface area contributed by atoms with Crippen molar-refractivity contribution in [3.63, 3.8) is 0 Å². The van der Waals surface area contributed by atoms with Crippen LogP contribution in [0.5, 0.6) is 0 Å². The number of allylic oxidation sites excluding steroid dienone is 8. The zero-order valence-electron chi connectivity index (χ0n) is 58.8. The molecule has 0 fully saturated rings. The lowest BCUT2D eigenvalue weighted by Crippen LogP contribution is -2.45. The van der Waals surface area contributed by atoms with Crippen molar-refractivity contribution >= 4 is 11.9 Å². The van der Waals surface area contributed by atoms with Gasteiger partial charge in [-0.2, -0.15) is 0 Å². The maximum Gasteiger partial charge on any atom is 0.305 e. The van der Waals surface area contributed by atoms with Gasteiger partial charge < -0.3 is 20.3 Å². The molecule has 0 saturated heterocycles. The minimum absolute atomic E-state index is 0.00396. The normalized spacial score (nSPS) is 12.7. The fourth-order valence-corrected chi connectivity index (χ4v) is 12.4. The smallest absolute Gasteiger partial charge is 0.305 e. The third kappa shape index (κ3) is 72.8. The highest BCUT2D eigenvalue weighted by atomic mass is 16.5. The largest absolute Gasteiger partial charge is 0.466 e. The van der Waals surface area contributed by atoms with Gasteiger partial charge in [-0.25, -0.2) is 0 Å². The molecule has 0 spiro atoms. The fraction of sp³-hybridized carbons (Fsp3) is 0.877. The molecule has 0 heterocycles. The number of ether oxygens (including phenoxy) is 1. The molecule has 3 N–H and O–H groups in total. The van der Waals surface area contributed by atoms with Crippen molar-refractivity contribution in [3.8, 4) is 0 Å². The van der Waals surface area contributed by atoms with Crippen molar-refractivity contribution in [1.82, 2.24) is 5.32 Å². The maximum atomic E-state index is 12.6. The van der Waals surface area contributed by atoms with Crippen LogP contribution in [0.15, 0.2) is 48.6 Å². The number of aliphatic hydroxyl groups is 2. The molecule has 0 aromatic heterocycles. The Labute approximate surface area is 544 Å². The third-order valence-corrected chi connectivity index (χ3v) is 18.4. The first-order chi connectivity index (χ1) is 43.0. The van der Waals surface area contributed by atoms with E-state index in [4.69, 9.17) is 4.74 Å². The first-order valence-corrected chi connectivity index (χ1v) is 39.4. The molecule has 2 unspecified atom stereocenters. The highest BCUT2D eigenvalue weighted by Crippen LogP contribution is 2.19. The molecule has 0 bridgehead atoms. The highest BCUT2D eigenvalue weighted by molar-refractivity contribution is 5.76. The number of nitrogens with one attached hydrogen (secondary N) is 1. The van der Waals surface area contributed by atoms with Gasteiger partial charge in [-0.15, -0.1) is 0 Å². The molecule has 2 atom stereocenters. The van der Waals surface area contributed by atoms with E-state index in [1.165, 1.54) is 340 Å². The zero-order chi connectivity index (χ0) is 62.8. The second kappa shape index (κ2) is 76.3. The zero-order valence-corrected chi connectivity index (χ0v) is 58.8. The summed E-state index contributed by atoms with van der Waals surface area (Å²) < 4.78 is 5.50. The van der Waals surface area contributed by atoms with Crippen LogP contribution in [0.4, 0.5) is 0 Å². The number of aliphatic hydroxyl groups excluding tert-OH is 2. The number of amides is 1.